The summed E-state index contributed by atoms with van der Waals surface area (Å²) in [4.78, 5) is 14.0. The number of aliphatic hydroxyl groups excluding tert-OH is 1. The van der Waals surface area contributed by atoms with E-state index in [1.807, 2.05) is 25.1 Å². The minimum absolute atomic E-state index is 0.0208. The number of nitrogens with zero attached hydrogens (tertiary/aromatic N) is 1. The second-order valence-corrected chi connectivity index (χ2v) is 18.6. The second kappa shape index (κ2) is 9.98. The van der Waals surface area contributed by atoms with Crippen molar-refractivity contribution in [2.75, 3.05) is 0 Å². The lowest BCUT2D eigenvalue weighted by molar-refractivity contribution is -0.150. The third-order valence-corrected chi connectivity index (χ3v) is 16.2. The number of amides is 1. The van der Waals surface area contributed by atoms with E-state index in [-0.39, 0.29) is 28.5 Å². The maximum Gasteiger partial charge on any atom is 0.224 e. The van der Waals surface area contributed by atoms with Gasteiger partial charge in [-0.3, -0.25) is 4.79 Å². The Morgan fingerprint density at radius 1 is 0.842 bits per heavy atom. The maximum atomic E-state index is 14.0. The molecular weight excluding hydrogens is 507 g/mol. The summed E-state index contributed by atoms with van der Waals surface area (Å²) in [6, 6.07) is 31.7. The Bertz CT molecular complexity index is 1170. The van der Waals surface area contributed by atoms with Crippen molar-refractivity contribution in [1.29, 1.82) is 0 Å². The molecule has 0 radical (unpaired) electrons. The molecule has 2 saturated heterocycles. The molecule has 1 N–H and O–H groups in total. The zero-order chi connectivity index (χ0) is 27.3. The van der Waals surface area contributed by atoms with Gasteiger partial charge in [-0.2, -0.15) is 0 Å². The SMILES string of the molecule is CC1OC1C(O)[C@H]1C(=O)N([Si](C)(C)C(C)(C)C)[C@@H]1SC(c1ccccc1)(c1ccccc1)c1ccccc1. The van der Waals surface area contributed by atoms with Crippen LogP contribution in [0.3, 0.4) is 0 Å². The molecule has 0 saturated carbocycles. The second-order valence-electron chi connectivity index (χ2n) is 12.1. The van der Waals surface area contributed by atoms with Gasteiger partial charge in [-0.1, -0.05) is 125 Å². The van der Waals surface area contributed by atoms with Crippen LogP contribution < -0.4 is 0 Å². The predicted molar refractivity (Wildman–Crippen MR) is 158 cm³/mol. The first kappa shape index (κ1) is 27.2. The fourth-order valence-corrected chi connectivity index (χ4v) is 10.5. The molecule has 200 valence electrons. The number of benzene rings is 3. The van der Waals surface area contributed by atoms with E-state index in [9.17, 15) is 9.90 Å². The largest absolute Gasteiger partial charge is 0.389 e. The average molecular weight is 546 g/mol. The van der Waals surface area contributed by atoms with Crippen LogP contribution in [0.15, 0.2) is 91.0 Å². The van der Waals surface area contributed by atoms with Crippen LogP contribution in [0.5, 0.6) is 0 Å². The number of thioether (sulfide) groups is 1. The highest BCUT2D eigenvalue weighted by Gasteiger charge is 2.64. The van der Waals surface area contributed by atoms with Crippen molar-refractivity contribution in [1.82, 2.24) is 4.57 Å². The molecule has 4 nitrogen and oxygen atoms in total. The molecule has 5 rings (SSSR count). The van der Waals surface area contributed by atoms with E-state index in [4.69, 9.17) is 4.74 Å². The standard InChI is InChI=1S/C32H39NO3SSi/c1-22-28(36-22)27(34)26-29(35)33(38(5,6)31(2,3)4)30(26)37-32(23-16-10-7-11-17-23,24-18-12-8-13-19-24)25-20-14-9-15-21-25/h7-22,26-28,30,34H,1-6H3/t22?,26-,27?,28?,30+/m0/s1. The van der Waals surface area contributed by atoms with Gasteiger partial charge < -0.3 is 14.4 Å². The smallest absolute Gasteiger partial charge is 0.224 e. The molecule has 2 aliphatic rings. The number of rotatable bonds is 8. The molecule has 3 unspecified atom stereocenters. The third kappa shape index (κ3) is 4.45. The molecule has 2 heterocycles. The van der Waals surface area contributed by atoms with Crippen LogP contribution in [0.4, 0.5) is 0 Å². The third-order valence-electron chi connectivity index (χ3n) is 8.82. The molecule has 2 fully saturated rings. The van der Waals surface area contributed by atoms with Gasteiger partial charge in [-0.25, -0.2) is 0 Å². The van der Waals surface area contributed by atoms with Gasteiger partial charge in [0.1, 0.15) is 6.10 Å². The number of carbonyl (C=O) groups excluding carboxylic acids is 1. The van der Waals surface area contributed by atoms with E-state index in [2.05, 4.69) is 111 Å². The van der Waals surface area contributed by atoms with Crippen LogP contribution in [-0.4, -0.2) is 47.5 Å². The highest BCUT2D eigenvalue weighted by Crippen LogP contribution is 2.58. The summed E-state index contributed by atoms with van der Waals surface area (Å²) in [6.07, 6.45) is -1.13. The zero-order valence-electron chi connectivity index (χ0n) is 23.2. The molecule has 3 aromatic carbocycles. The van der Waals surface area contributed by atoms with E-state index in [0.29, 0.717) is 0 Å². The number of hydrogen-bond acceptors (Lipinski definition) is 4. The zero-order valence-corrected chi connectivity index (χ0v) is 25.0. The van der Waals surface area contributed by atoms with E-state index < -0.39 is 25.0 Å². The van der Waals surface area contributed by atoms with E-state index in [1.165, 1.54) is 0 Å². The Hall–Kier alpha value is -2.38. The Kier molecular flexibility index (Phi) is 7.14. The Balaban J connectivity index is 1.70. The quantitative estimate of drug-likeness (QED) is 0.149. The van der Waals surface area contributed by atoms with Gasteiger partial charge in [-0.05, 0) is 28.7 Å². The first-order chi connectivity index (χ1) is 18.0. The van der Waals surface area contributed by atoms with Gasteiger partial charge >= 0.3 is 0 Å². The van der Waals surface area contributed by atoms with Crippen molar-refractivity contribution >= 4 is 25.9 Å². The molecule has 2 aliphatic heterocycles. The van der Waals surface area contributed by atoms with Crippen molar-refractivity contribution < 1.29 is 14.6 Å². The van der Waals surface area contributed by atoms with Crippen molar-refractivity contribution in [2.45, 2.75) is 74.3 Å². The highest BCUT2D eigenvalue weighted by atomic mass is 32.2. The summed E-state index contributed by atoms with van der Waals surface area (Å²) in [5.74, 6) is -0.452. The lowest BCUT2D eigenvalue weighted by Gasteiger charge is -2.60. The van der Waals surface area contributed by atoms with Crippen molar-refractivity contribution in [2.24, 2.45) is 5.92 Å². The summed E-state index contributed by atoms with van der Waals surface area (Å²) >= 11 is 1.80. The summed E-state index contributed by atoms with van der Waals surface area (Å²) < 4.78 is 7.27. The van der Waals surface area contributed by atoms with Crippen molar-refractivity contribution in [3.63, 3.8) is 0 Å². The van der Waals surface area contributed by atoms with E-state index >= 15 is 0 Å². The Morgan fingerprint density at radius 3 is 1.58 bits per heavy atom. The van der Waals surface area contributed by atoms with Crippen molar-refractivity contribution in [3.05, 3.63) is 108 Å². The molecule has 0 aromatic heterocycles. The van der Waals surface area contributed by atoms with Gasteiger partial charge in [0, 0.05) is 0 Å². The number of ether oxygens (including phenoxy) is 1. The molecule has 0 aliphatic carbocycles. The summed E-state index contributed by atoms with van der Waals surface area (Å²) in [5, 5.41) is 11.2. The van der Waals surface area contributed by atoms with Crippen LogP contribution >= 0.6 is 11.8 Å². The molecule has 5 atom stereocenters. The van der Waals surface area contributed by atoms with Crippen LogP contribution in [0.25, 0.3) is 0 Å². The lowest BCUT2D eigenvalue weighted by Crippen LogP contribution is -2.74. The van der Waals surface area contributed by atoms with Gasteiger partial charge in [-0.15, -0.1) is 11.8 Å². The molecule has 0 bridgehead atoms. The average Bonchev–Trinajstić information content (AvgIpc) is 3.64. The fourth-order valence-electron chi connectivity index (χ4n) is 5.55. The van der Waals surface area contributed by atoms with Crippen molar-refractivity contribution in [3.8, 4) is 0 Å². The number of aliphatic hydroxyl groups is 1. The number of hydrogen-bond donors (Lipinski definition) is 1. The first-order valence-electron chi connectivity index (χ1n) is 13.5. The number of β-lactam (4-membered cyclic amide) rings is 1. The molecular formula is C32H39NO3SSi. The van der Waals surface area contributed by atoms with E-state index in [1.54, 1.807) is 11.8 Å². The minimum atomic E-state index is -2.26. The summed E-state index contributed by atoms with van der Waals surface area (Å²) in [5.41, 5.74) is 3.46. The Labute approximate surface area is 232 Å². The van der Waals surface area contributed by atoms with Crippen LogP contribution in [-0.2, 0) is 14.3 Å². The number of carbonyl (C=O) groups is 1. The predicted octanol–water partition coefficient (Wildman–Crippen LogP) is 6.65. The first-order valence-corrected chi connectivity index (χ1v) is 17.3. The molecule has 3 aromatic rings. The van der Waals surface area contributed by atoms with Gasteiger partial charge in [0.2, 0.25) is 5.91 Å². The fraction of sp³-hybridized carbons (Fsp3) is 0.406. The lowest BCUT2D eigenvalue weighted by atomic mass is 9.84. The molecule has 0 spiro atoms. The minimum Gasteiger partial charge on any atom is -0.389 e. The monoisotopic (exact) mass is 545 g/mol. The topological polar surface area (TPSA) is 53.1 Å². The molecule has 38 heavy (non-hydrogen) atoms. The van der Waals surface area contributed by atoms with Gasteiger partial charge in [0.05, 0.1) is 28.2 Å². The van der Waals surface area contributed by atoms with Crippen LogP contribution in [0.1, 0.15) is 44.4 Å². The summed E-state index contributed by atoms with van der Waals surface area (Å²) in [6.45, 7) is 13.3. The van der Waals surface area contributed by atoms with Crippen LogP contribution in [0.2, 0.25) is 18.1 Å². The maximum absolute atomic E-state index is 14.0. The normalized spacial score (nSPS) is 24.6. The molecule has 6 heteroatoms. The number of epoxide rings is 1. The summed E-state index contributed by atoms with van der Waals surface area (Å²) in [7, 11) is -2.26. The van der Waals surface area contributed by atoms with E-state index in [0.717, 1.165) is 16.7 Å². The van der Waals surface area contributed by atoms with Gasteiger partial charge in [0.15, 0.2) is 8.24 Å². The van der Waals surface area contributed by atoms with Crippen LogP contribution in [0, 0.1) is 5.92 Å². The van der Waals surface area contributed by atoms with Gasteiger partial charge in [0.25, 0.3) is 0 Å². The highest BCUT2D eigenvalue weighted by molar-refractivity contribution is 8.01. The Morgan fingerprint density at radius 2 is 1.24 bits per heavy atom. The molecule has 1 amide bonds.